The summed E-state index contributed by atoms with van der Waals surface area (Å²) in [5, 5.41) is 8.99. The van der Waals surface area contributed by atoms with Crippen LogP contribution in [0.15, 0.2) is 71.9 Å². The number of carbonyl (C=O) groups excluding carboxylic acids is 2. The highest BCUT2D eigenvalue weighted by atomic mass is 16.5. The number of ether oxygens (including phenoxy) is 1. The predicted molar refractivity (Wildman–Crippen MR) is 107 cm³/mol. The third kappa shape index (κ3) is 4.58. The maximum Gasteiger partial charge on any atom is 0.338 e. The van der Waals surface area contributed by atoms with Gasteiger partial charge in [0.15, 0.2) is 0 Å². The molecule has 0 aliphatic carbocycles. The van der Waals surface area contributed by atoms with Crippen LogP contribution in [0.5, 0.6) is 0 Å². The van der Waals surface area contributed by atoms with Gasteiger partial charge >= 0.3 is 12.0 Å². The quantitative estimate of drug-likeness (QED) is 0.646. The summed E-state index contributed by atoms with van der Waals surface area (Å²) in [6, 6.07) is 18.6. The van der Waals surface area contributed by atoms with E-state index in [4.69, 9.17) is 4.74 Å². The van der Waals surface area contributed by atoms with Crippen molar-refractivity contribution in [3.05, 3.63) is 83.1 Å². The zero-order valence-corrected chi connectivity index (χ0v) is 16.1. The van der Waals surface area contributed by atoms with Crippen molar-refractivity contribution in [1.29, 1.82) is 0 Å². The van der Waals surface area contributed by atoms with Gasteiger partial charge in [0.05, 0.1) is 18.2 Å². The minimum absolute atomic E-state index is 0.0547. The second kappa shape index (κ2) is 9.19. The number of urea groups is 1. The molecule has 3 N–H and O–H groups in total. The number of nitrogens with one attached hydrogen (secondary N) is 3. The summed E-state index contributed by atoms with van der Waals surface area (Å²) in [5.41, 5.74) is 2.90. The van der Waals surface area contributed by atoms with E-state index in [1.165, 1.54) is 0 Å². The molecule has 0 aromatic heterocycles. The molecule has 1 heterocycles. The fourth-order valence-electron chi connectivity index (χ4n) is 3.22. The summed E-state index contributed by atoms with van der Waals surface area (Å²) in [6.45, 7) is 4.40. The summed E-state index contributed by atoms with van der Waals surface area (Å²) in [4.78, 5) is 25.0. The highest BCUT2D eigenvalue weighted by Crippen LogP contribution is 2.27. The molecule has 0 radical (unpaired) electrons. The third-order valence-corrected chi connectivity index (χ3v) is 4.67. The number of hydrogen-bond donors (Lipinski definition) is 3. The van der Waals surface area contributed by atoms with Crippen LogP contribution in [0, 0.1) is 0 Å². The summed E-state index contributed by atoms with van der Waals surface area (Å²) in [7, 11) is 0. The fraction of sp³-hybridized carbons (Fsp3) is 0.273. The number of esters is 1. The molecule has 0 saturated heterocycles. The average molecular weight is 379 g/mol. The molecule has 0 saturated carbocycles. The lowest BCUT2D eigenvalue weighted by Gasteiger charge is -2.30. The Hall–Kier alpha value is -3.12. The fourth-order valence-corrected chi connectivity index (χ4v) is 3.22. The zero-order valence-electron chi connectivity index (χ0n) is 16.1. The van der Waals surface area contributed by atoms with E-state index in [1.54, 1.807) is 6.92 Å². The molecule has 2 aromatic rings. The van der Waals surface area contributed by atoms with E-state index in [9.17, 15) is 9.59 Å². The Morgan fingerprint density at radius 3 is 2.39 bits per heavy atom. The second-order valence-corrected chi connectivity index (χ2v) is 6.57. The van der Waals surface area contributed by atoms with Crippen molar-refractivity contribution in [3.63, 3.8) is 0 Å². The van der Waals surface area contributed by atoms with Gasteiger partial charge in [-0.25, -0.2) is 9.59 Å². The Labute approximate surface area is 165 Å². The number of hydrogen-bond acceptors (Lipinski definition) is 4. The Kier molecular flexibility index (Phi) is 6.45. The molecule has 2 unspecified atom stereocenters. The van der Waals surface area contributed by atoms with E-state index in [-0.39, 0.29) is 18.7 Å². The Bertz CT molecular complexity index is 850. The third-order valence-electron chi connectivity index (χ3n) is 4.67. The molecule has 6 heteroatoms. The van der Waals surface area contributed by atoms with Gasteiger partial charge in [0.2, 0.25) is 0 Å². The molecule has 1 aliphatic heterocycles. The lowest BCUT2D eigenvalue weighted by molar-refractivity contribution is -0.139. The average Bonchev–Trinajstić information content (AvgIpc) is 2.73. The van der Waals surface area contributed by atoms with E-state index >= 15 is 0 Å². The lowest BCUT2D eigenvalue weighted by Crippen LogP contribution is -2.48. The normalized spacial score (nSPS) is 17.5. The van der Waals surface area contributed by atoms with Crippen molar-refractivity contribution >= 4 is 12.0 Å². The van der Waals surface area contributed by atoms with Crippen LogP contribution in [0.25, 0.3) is 0 Å². The SMILES string of the molecule is CCOC(=O)C1=C(CNC(C)c2ccccc2)NC(=O)NC1c1ccccc1. The summed E-state index contributed by atoms with van der Waals surface area (Å²) < 4.78 is 5.27. The van der Waals surface area contributed by atoms with Crippen LogP contribution in [0.3, 0.4) is 0 Å². The molecule has 0 fully saturated rings. The molecule has 0 spiro atoms. The van der Waals surface area contributed by atoms with E-state index < -0.39 is 12.0 Å². The van der Waals surface area contributed by atoms with Gasteiger partial charge in [0, 0.05) is 18.3 Å². The largest absolute Gasteiger partial charge is 0.463 e. The van der Waals surface area contributed by atoms with Crippen LogP contribution in [-0.2, 0) is 9.53 Å². The van der Waals surface area contributed by atoms with E-state index in [1.807, 2.05) is 67.6 Å². The van der Waals surface area contributed by atoms with Crippen LogP contribution in [0.4, 0.5) is 4.79 Å². The molecule has 146 valence electrons. The molecular formula is C22H25N3O3. The Morgan fingerprint density at radius 1 is 1.11 bits per heavy atom. The Balaban J connectivity index is 1.90. The van der Waals surface area contributed by atoms with Gasteiger partial charge in [-0.3, -0.25) is 0 Å². The van der Waals surface area contributed by atoms with Gasteiger partial charge in [0.1, 0.15) is 0 Å². The van der Waals surface area contributed by atoms with Crippen molar-refractivity contribution in [1.82, 2.24) is 16.0 Å². The smallest absolute Gasteiger partial charge is 0.338 e. The molecular weight excluding hydrogens is 354 g/mol. The van der Waals surface area contributed by atoms with Gasteiger partial charge < -0.3 is 20.7 Å². The van der Waals surface area contributed by atoms with Crippen LogP contribution in [0.1, 0.15) is 37.1 Å². The van der Waals surface area contributed by atoms with E-state index in [2.05, 4.69) is 16.0 Å². The molecule has 28 heavy (non-hydrogen) atoms. The van der Waals surface area contributed by atoms with E-state index in [0.717, 1.165) is 11.1 Å². The van der Waals surface area contributed by atoms with E-state index in [0.29, 0.717) is 17.8 Å². The summed E-state index contributed by atoms with van der Waals surface area (Å²) in [6.07, 6.45) is 0. The number of rotatable bonds is 7. The zero-order chi connectivity index (χ0) is 19.9. The number of amides is 2. The predicted octanol–water partition coefficient (Wildman–Crippen LogP) is 3.21. The highest BCUT2D eigenvalue weighted by molar-refractivity contribution is 5.95. The Morgan fingerprint density at radius 2 is 1.75 bits per heavy atom. The van der Waals surface area contributed by atoms with Gasteiger partial charge in [-0.2, -0.15) is 0 Å². The molecule has 1 aliphatic rings. The molecule has 2 amide bonds. The van der Waals surface area contributed by atoms with Crippen LogP contribution in [0.2, 0.25) is 0 Å². The molecule has 0 bridgehead atoms. The van der Waals surface area contributed by atoms with Gasteiger partial charge in [-0.1, -0.05) is 60.7 Å². The maximum atomic E-state index is 12.7. The van der Waals surface area contributed by atoms with Crippen molar-refractivity contribution in [2.75, 3.05) is 13.2 Å². The topological polar surface area (TPSA) is 79.5 Å². The number of benzene rings is 2. The first kappa shape index (κ1) is 19.6. The molecule has 6 nitrogen and oxygen atoms in total. The monoisotopic (exact) mass is 379 g/mol. The first-order valence-electron chi connectivity index (χ1n) is 9.41. The van der Waals surface area contributed by atoms with Gasteiger partial charge in [-0.05, 0) is 25.0 Å². The first-order chi connectivity index (χ1) is 13.6. The minimum atomic E-state index is -0.558. The van der Waals surface area contributed by atoms with Crippen molar-refractivity contribution in [2.24, 2.45) is 0 Å². The molecule has 2 atom stereocenters. The second-order valence-electron chi connectivity index (χ2n) is 6.57. The minimum Gasteiger partial charge on any atom is -0.463 e. The summed E-state index contributed by atoms with van der Waals surface area (Å²) >= 11 is 0. The highest BCUT2D eigenvalue weighted by Gasteiger charge is 2.33. The first-order valence-corrected chi connectivity index (χ1v) is 9.41. The van der Waals surface area contributed by atoms with Crippen LogP contribution in [-0.4, -0.2) is 25.2 Å². The summed E-state index contributed by atoms with van der Waals surface area (Å²) in [5.74, 6) is -0.437. The van der Waals surface area contributed by atoms with Crippen LogP contribution >= 0.6 is 0 Å². The standard InChI is InChI=1S/C22H25N3O3/c1-3-28-21(26)19-18(14-23-15(2)16-10-6-4-7-11-16)24-22(27)25-20(19)17-12-8-5-9-13-17/h4-13,15,20,23H,3,14H2,1-2H3,(H2,24,25,27). The van der Waals surface area contributed by atoms with Crippen LogP contribution < -0.4 is 16.0 Å². The van der Waals surface area contributed by atoms with Gasteiger partial charge in [-0.15, -0.1) is 0 Å². The maximum absolute atomic E-state index is 12.7. The molecule has 3 rings (SSSR count). The van der Waals surface area contributed by atoms with Crippen molar-refractivity contribution < 1.29 is 14.3 Å². The van der Waals surface area contributed by atoms with Gasteiger partial charge in [0.25, 0.3) is 0 Å². The molecule has 2 aromatic carbocycles. The number of carbonyl (C=O) groups is 2. The van der Waals surface area contributed by atoms with Crippen molar-refractivity contribution in [2.45, 2.75) is 25.9 Å². The lowest BCUT2D eigenvalue weighted by atomic mass is 9.95. The van der Waals surface area contributed by atoms with Crippen molar-refractivity contribution in [3.8, 4) is 0 Å².